The Labute approximate surface area is 201 Å². The minimum absolute atomic E-state index is 0.0258. The van der Waals surface area contributed by atoms with Crippen LogP contribution in [0.2, 0.25) is 0 Å². The molecule has 0 spiro atoms. The maximum atomic E-state index is 14.5. The first kappa shape index (κ1) is 24.6. The number of phenols is 1. The molecule has 0 heterocycles. The van der Waals surface area contributed by atoms with Gasteiger partial charge in [-0.2, -0.15) is 13.2 Å². The van der Waals surface area contributed by atoms with E-state index in [1.165, 1.54) is 42.5 Å². The van der Waals surface area contributed by atoms with Gasteiger partial charge in [0.05, 0.1) is 0 Å². The number of alkyl halides is 2. The van der Waals surface area contributed by atoms with E-state index in [1.54, 1.807) is 12.1 Å². The van der Waals surface area contributed by atoms with Gasteiger partial charge >= 0.3 is 6.11 Å². The number of rotatable bonds is 8. The molecule has 184 valence electrons. The summed E-state index contributed by atoms with van der Waals surface area (Å²) in [6.45, 7) is 2.55. The molecule has 0 atom stereocenters. The second-order valence-corrected chi connectivity index (χ2v) is 8.73. The molecule has 1 saturated carbocycles. The van der Waals surface area contributed by atoms with Crippen LogP contribution >= 0.6 is 0 Å². The Hall–Kier alpha value is -3.48. The number of hydrogen-bond donors (Lipinski definition) is 1. The monoisotopic (exact) mass is 486 g/mol. The summed E-state index contributed by atoms with van der Waals surface area (Å²) in [6, 6.07) is 14.3. The Balaban J connectivity index is 1.37. The molecule has 1 N–H and O–H groups in total. The van der Waals surface area contributed by atoms with Crippen molar-refractivity contribution in [3.8, 4) is 28.4 Å². The highest BCUT2D eigenvalue weighted by atomic mass is 19.3. The number of phenolic OH excluding ortho intramolecular Hbond substituents is 1. The van der Waals surface area contributed by atoms with E-state index in [9.17, 15) is 22.7 Å². The first-order valence-corrected chi connectivity index (χ1v) is 11.5. The van der Waals surface area contributed by atoms with Gasteiger partial charge in [0.1, 0.15) is 11.5 Å². The maximum Gasteiger partial charge on any atom is 0.432 e. The molecule has 0 unspecified atom stereocenters. The van der Waals surface area contributed by atoms with Gasteiger partial charge in [-0.3, -0.25) is 0 Å². The number of benzene rings is 3. The van der Waals surface area contributed by atoms with Crippen LogP contribution in [0.4, 0.5) is 17.6 Å². The third-order valence-corrected chi connectivity index (χ3v) is 6.34. The largest absolute Gasteiger partial charge is 0.508 e. The van der Waals surface area contributed by atoms with E-state index in [2.05, 4.69) is 6.58 Å². The number of allylic oxidation sites excluding steroid dienone is 1. The highest BCUT2D eigenvalue weighted by Crippen LogP contribution is 2.37. The molecular formula is C28H26F4O3. The smallest absolute Gasteiger partial charge is 0.432 e. The fraction of sp³-hybridized carbons (Fsp3) is 0.286. The lowest BCUT2D eigenvalue weighted by Crippen LogP contribution is -2.32. The quantitative estimate of drug-likeness (QED) is 0.260. The van der Waals surface area contributed by atoms with Gasteiger partial charge in [-0.15, -0.1) is 6.58 Å². The van der Waals surface area contributed by atoms with Crippen LogP contribution in [0.3, 0.4) is 0 Å². The van der Waals surface area contributed by atoms with Gasteiger partial charge < -0.3 is 14.6 Å². The molecule has 1 aliphatic carbocycles. The molecule has 1 aliphatic rings. The van der Waals surface area contributed by atoms with Crippen LogP contribution < -0.4 is 9.47 Å². The lowest BCUT2D eigenvalue weighted by molar-refractivity contribution is -0.195. The van der Waals surface area contributed by atoms with Gasteiger partial charge in [-0.05, 0) is 85.0 Å². The van der Waals surface area contributed by atoms with Crippen LogP contribution in [0.15, 0.2) is 73.3 Å². The van der Waals surface area contributed by atoms with E-state index < -0.39 is 30.1 Å². The fourth-order valence-electron chi connectivity index (χ4n) is 4.37. The maximum absolute atomic E-state index is 14.5. The summed E-state index contributed by atoms with van der Waals surface area (Å²) in [5, 5.41) is 9.34. The third kappa shape index (κ3) is 5.96. The summed E-state index contributed by atoms with van der Waals surface area (Å²) in [5.74, 6) is -2.43. The van der Waals surface area contributed by atoms with E-state index in [4.69, 9.17) is 9.47 Å². The lowest BCUT2D eigenvalue weighted by Gasteiger charge is -2.27. The second kappa shape index (κ2) is 10.4. The van der Waals surface area contributed by atoms with Gasteiger partial charge in [0.15, 0.2) is 18.2 Å². The predicted molar refractivity (Wildman–Crippen MR) is 126 cm³/mol. The van der Waals surface area contributed by atoms with Crippen molar-refractivity contribution < 1.29 is 32.1 Å². The summed E-state index contributed by atoms with van der Waals surface area (Å²) in [7, 11) is 0. The van der Waals surface area contributed by atoms with Crippen molar-refractivity contribution in [1.29, 1.82) is 0 Å². The van der Waals surface area contributed by atoms with Gasteiger partial charge in [0, 0.05) is 5.56 Å². The number of aromatic hydroxyl groups is 1. The molecule has 0 aromatic heterocycles. The van der Waals surface area contributed by atoms with Crippen LogP contribution in [-0.4, -0.2) is 17.8 Å². The minimum atomic E-state index is -3.76. The molecule has 35 heavy (non-hydrogen) atoms. The molecular weight excluding hydrogens is 460 g/mol. The third-order valence-electron chi connectivity index (χ3n) is 6.34. The Morgan fingerprint density at radius 3 is 2.17 bits per heavy atom. The van der Waals surface area contributed by atoms with Crippen molar-refractivity contribution in [3.05, 3.63) is 90.5 Å². The summed E-state index contributed by atoms with van der Waals surface area (Å²) < 4.78 is 67.3. The van der Waals surface area contributed by atoms with E-state index in [0.29, 0.717) is 17.4 Å². The molecule has 3 nitrogen and oxygen atoms in total. The zero-order valence-corrected chi connectivity index (χ0v) is 19.0. The predicted octanol–water partition coefficient (Wildman–Crippen LogP) is 7.85. The first-order valence-electron chi connectivity index (χ1n) is 11.5. The van der Waals surface area contributed by atoms with Crippen LogP contribution in [-0.2, 0) is 0 Å². The van der Waals surface area contributed by atoms with Crippen molar-refractivity contribution >= 4 is 0 Å². The molecule has 0 radical (unpaired) electrons. The number of halogens is 4. The normalized spacial score (nSPS) is 18.2. The van der Waals surface area contributed by atoms with E-state index in [0.717, 1.165) is 37.3 Å². The molecule has 1 fully saturated rings. The summed E-state index contributed by atoms with van der Waals surface area (Å²) in [6.07, 6.45) is 2.40. The SMILES string of the molecule is C=CC1CCC(c2ccc(OC(F)(F)COc3ccc(-c4ccc(O)cc4)c(F)c3F)cc2)CC1. The standard InChI is InChI=1S/C28H26F4O3/c1-2-18-3-5-19(6-4-18)20-9-13-23(14-10-20)35-28(31,32)17-34-25-16-15-24(26(29)27(25)30)21-7-11-22(33)12-8-21/h2,7-16,18-19,33H,1,3-6,17H2. The van der Waals surface area contributed by atoms with Crippen LogP contribution in [0.25, 0.3) is 11.1 Å². The van der Waals surface area contributed by atoms with Crippen LogP contribution in [0, 0.1) is 17.6 Å². The summed E-state index contributed by atoms with van der Waals surface area (Å²) >= 11 is 0. The van der Waals surface area contributed by atoms with E-state index in [-0.39, 0.29) is 17.1 Å². The molecule has 0 saturated heterocycles. The molecule has 0 amide bonds. The topological polar surface area (TPSA) is 38.7 Å². The van der Waals surface area contributed by atoms with Crippen molar-refractivity contribution in [1.82, 2.24) is 0 Å². The molecule has 4 rings (SSSR count). The Morgan fingerprint density at radius 2 is 1.54 bits per heavy atom. The molecule has 0 aliphatic heterocycles. The van der Waals surface area contributed by atoms with Crippen molar-refractivity contribution in [2.45, 2.75) is 37.7 Å². The zero-order valence-electron chi connectivity index (χ0n) is 19.0. The molecule has 0 bridgehead atoms. The highest BCUT2D eigenvalue weighted by Gasteiger charge is 2.34. The first-order chi connectivity index (χ1) is 16.8. The second-order valence-electron chi connectivity index (χ2n) is 8.73. The summed E-state index contributed by atoms with van der Waals surface area (Å²) in [5.41, 5.74) is 1.30. The van der Waals surface area contributed by atoms with Gasteiger partial charge in [0.25, 0.3) is 0 Å². The van der Waals surface area contributed by atoms with E-state index >= 15 is 0 Å². The molecule has 7 heteroatoms. The van der Waals surface area contributed by atoms with Gasteiger partial charge in [-0.1, -0.05) is 30.3 Å². The average Bonchev–Trinajstić information content (AvgIpc) is 2.86. The molecule has 3 aromatic rings. The lowest BCUT2D eigenvalue weighted by atomic mass is 9.79. The number of hydrogen-bond acceptors (Lipinski definition) is 3. The Morgan fingerprint density at radius 1 is 0.886 bits per heavy atom. The van der Waals surface area contributed by atoms with Crippen LogP contribution in [0.5, 0.6) is 17.2 Å². The summed E-state index contributed by atoms with van der Waals surface area (Å²) in [4.78, 5) is 0. The van der Waals surface area contributed by atoms with Gasteiger partial charge in [0.2, 0.25) is 5.82 Å². The van der Waals surface area contributed by atoms with Crippen molar-refractivity contribution in [2.75, 3.05) is 6.61 Å². The van der Waals surface area contributed by atoms with Crippen molar-refractivity contribution in [2.24, 2.45) is 5.92 Å². The van der Waals surface area contributed by atoms with Crippen molar-refractivity contribution in [3.63, 3.8) is 0 Å². The zero-order chi connectivity index (χ0) is 25.0. The average molecular weight is 487 g/mol. The Kier molecular flexibility index (Phi) is 7.34. The Bertz CT molecular complexity index is 1150. The van der Waals surface area contributed by atoms with Crippen LogP contribution in [0.1, 0.15) is 37.2 Å². The van der Waals surface area contributed by atoms with Gasteiger partial charge in [-0.25, -0.2) is 4.39 Å². The molecule has 3 aromatic carbocycles. The fourth-order valence-corrected chi connectivity index (χ4v) is 4.37. The minimum Gasteiger partial charge on any atom is -0.508 e. The highest BCUT2D eigenvalue weighted by molar-refractivity contribution is 5.66. The van der Waals surface area contributed by atoms with E-state index in [1.807, 2.05) is 6.08 Å². The number of ether oxygens (including phenoxy) is 2.